The minimum absolute atomic E-state index is 0.207. The van der Waals surface area contributed by atoms with Crippen LogP contribution in [0.15, 0.2) is 48.7 Å². The van der Waals surface area contributed by atoms with Crippen LogP contribution in [0, 0.1) is 17.5 Å². The summed E-state index contributed by atoms with van der Waals surface area (Å²) in [7, 11) is 3.43. The van der Waals surface area contributed by atoms with Crippen LogP contribution >= 0.6 is 0 Å². The first kappa shape index (κ1) is 21.0. The molecule has 1 aliphatic rings. The van der Waals surface area contributed by atoms with E-state index in [4.69, 9.17) is 0 Å². The molecule has 2 aromatic carbocycles. The lowest BCUT2D eigenvalue weighted by Crippen LogP contribution is -2.37. The highest BCUT2D eigenvalue weighted by Gasteiger charge is 2.30. The Bertz CT molecular complexity index is 1350. The van der Waals surface area contributed by atoms with Crippen molar-refractivity contribution in [2.45, 2.75) is 13.0 Å². The molecular formula is C24H20F3N5O. The SMILES string of the molecule is Cn1cc(-c2ccccc2)nc1C(=O)N1CCc2c(nn(C)c2-c2cc(F)c(F)c(F)c2)C1. The van der Waals surface area contributed by atoms with Gasteiger partial charge in [0, 0.05) is 43.5 Å². The van der Waals surface area contributed by atoms with Crippen molar-refractivity contribution in [1.82, 2.24) is 24.2 Å². The molecule has 0 atom stereocenters. The van der Waals surface area contributed by atoms with E-state index in [0.717, 1.165) is 23.3 Å². The maximum absolute atomic E-state index is 13.8. The molecule has 0 saturated heterocycles. The molecule has 0 bridgehead atoms. The molecule has 168 valence electrons. The van der Waals surface area contributed by atoms with Crippen LogP contribution in [0.3, 0.4) is 0 Å². The quantitative estimate of drug-likeness (QED) is 0.441. The van der Waals surface area contributed by atoms with E-state index < -0.39 is 17.5 Å². The lowest BCUT2D eigenvalue weighted by molar-refractivity contribution is 0.0716. The van der Waals surface area contributed by atoms with Crippen molar-refractivity contribution in [3.8, 4) is 22.5 Å². The van der Waals surface area contributed by atoms with Gasteiger partial charge in [0.15, 0.2) is 23.3 Å². The van der Waals surface area contributed by atoms with Crippen LogP contribution in [0.2, 0.25) is 0 Å². The fourth-order valence-electron chi connectivity index (χ4n) is 4.30. The summed E-state index contributed by atoms with van der Waals surface area (Å²) in [6.07, 6.45) is 2.26. The van der Waals surface area contributed by atoms with Crippen molar-refractivity contribution in [1.29, 1.82) is 0 Å². The molecule has 0 spiro atoms. The zero-order valence-corrected chi connectivity index (χ0v) is 18.0. The van der Waals surface area contributed by atoms with Gasteiger partial charge in [-0.15, -0.1) is 0 Å². The molecule has 2 aromatic heterocycles. The lowest BCUT2D eigenvalue weighted by atomic mass is 9.99. The van der Waals surface area contributed by atoms with Gasteiger partial charge in [-0.2, -0.15) is 5.10 Å². The van der Waals surface area contributed by atoms with Crippen LogP contribution in [0.1, 0.15) is 21.9 Å². The smallest absolute Gasteiger partial charge is 0.290 e. The van der Waals surface area contributed by atoms with Crippen LogP contribution in [0.25, 0.3) is 22.5 Å². The van der Waals surface area contributed by atoms with Gasteiger partial charge >= 0.3 is 0 Å². The summed E-state index contributed by atoms with van der Waals surface area (Å²) in [5.74, 6) is -3.92. The largest absolute Gasteiger partial charge is 0.330 e. The monoisotopic (exact) mass is 451 g/mol. The molecule has 3 heterocycles. The number of halogens is 3. The minimum atomic E-state index is -1.50. The Morgan fingerprint density at radius 1 is 1.00 bits per heavy atom. The first-order chi connectivity index (χ1) is 15.8. The minimum Gasteiger partial charge on any atom is -0.330 e. The maximum Gasteiger partial charge on any atom is 0.290 e. The molecule has 0 saturated carbocycles. The summed E-state index contributed by atoms with van der Waals surface area (Å²) >= 11 is 0. The van der Waals surface area contributed by atoms with E-state index in [0.29, 0.717) is 35.9 Å². The number of imidazole rings is 1. The first-order valence-corrected chi connectivity index (χ1v) is 10.4. The summed E-state index contributed by atoms with van der Waals surface area (Å²) in [5.41, 5.74) is 3.77. The number of aryl methyl sites for hydroxylation is 2. The standard InChI is InChI=1S/C24H20F3N5O/c1-30-12-19(14-6-4-3-5-7-14)28-23(30)24(33)32-9-8-16-20(13-32)29-31(2)22(16)15-10-17(25)21(27)18(26)11-15/h3-7,10-12H,8-9,13H2,1-2H3. The number of aromatic nitrogens is 4. The fraction of sp³-hybridized carbons (Fsp3) is 0.208. The van der Waals surface area contributed by atoms with E-state index in [1.54, 1.807) is 23.6 Å². The number of carbonyl (C=O) groups is 1. The second kappa shape index (κ2) is 7.91. The number of benzene rings is 2. The Labute approximate surface area is 187 Å². The van der Waals surface area contributed by atoms with E-state index in [9.17, 15) is 18.0 Å². The summed E-state index contributed by atoms with van der Waals surface area (Å²) in [6, 6.07) is 11.5. The molecule has 0 aliphatic carbocycles. The van der Waals surface area contributed by atoms with Crippen molar-refractivity contribution in [2.24, 2.45) is 14.1 Å². The van der Waals surface area contributed by atoms with Gasteiger partial charge in [-0.3, -0.25) is 9.48 Å². The van der Waals surface area contributed by atoms with E-state index in [1.165, 1.54) is 4.68 Å². The van der Waals surface area contributed by atoms with Gasteiger partial charge in [0.2, 0.25) is 0 Å². The molecule has 5 rings (SSSR count). The zero-order chi connectivity index (χ0) is 23.3. The topological polar surface area (TPSA) is 56.0 Å². The molecular weight excluding hydrogens is 431 g/mol. The zero-order valence-electron chi connectivity index (χ0n) is 18.0. The Hall–Kier alpha value is -3.88. The molecule has 33 heavy (non-hydrogen) atoms. The lowest BCUT2D eigenvalue weighted by Gasteiger charge is -2.26. The number of rotatable bonds is 3. The highest BCUT2D eigenvalue weighted by atomic mass is 19.2. The molecule has 9 heteroatoms. The first-order valence-electron chi connectivity index (χ1n) is 10.4. The van der Waals surface area contributed by atoms with Crippen LogP contribution in [0.5, 0.6) is 0 Å². The van der Waals surface area contributed by atoms with Gasteiger partial charge in [0.05, 0.1) is 23.6 Å². The summed E-state index contributed by atoms with van der Waals surface area (Å²) < 4.78 is 44.2. The predicted molar refractivity (Wildman–Crippen MR) is 116 cm³/mol. The van der Waals surface area contributed by atoms with Gasteiger partial charge < -0.3 is 9.47 Å². The van der Waals surface area contributed by atoms with Crippen LogP contribution in [-0.2, 0) is 27.1 Å². The Morgan fingerprint density at radius 3 is 2.39 bits per heavy atom. The molecule has 0 N–H and O–H groups in total. The second-order valence-electron chi connectivity index (χ2n) is 8.05. The Balaban J connectivity index is 1.43. The van der Waals surface area contributed by atoms with Gasteiger partial charge in [-0.1, -0.05) is 30.3 Å². The van der Waals surface area contributed by atoms with Crippen molar-refractivity contribution >= 4 is 5.91 Å². The van der Waals surface area contributed by atoms with E-state index in [2.05, 4.69) is 10.1 Å². The summed E-state index contributed by atoms with van der Waals surface area (Å²) in [4.78, 5) is 19.4. The molecule has 4 aromatic rings. The predicted octanol–water partition coefficient (Wildman–Crippen LogP) is 4.10. The third-order valence-electron chi connectivity index (χ3n) is 5.88. The average Bonchev–Trinajstić information content (AvgIpc) is 3.35. The third-order valence-corrected chi connectivity index (χ3v) is 5.88. The summed E-state index contributed by atoms with van der Waals surface area (Å²) in [5, 5.41) is 4.47. The molecule has 0 radical (unpaired) electrons. The third kappa shape index (κ3) is 3.59. The number of amides is 1. The molecule has 1 amide bonds. The van der Waals surface area contributed by atoms with Crippen LogP contribution < -0.4 is 0 Å². The number of carbonyl (C=O) groups excluding carboxylic acids is 1. The number of hydrogen-bond acceptors (Lipinski definition) is 3. The van der Waals surface area contributed by atoms with E-state index in [-0.39, 0.29) is 18.0 Å². The van der Waals surface area contributed by atoms with Crippen molar-refractivity contribution in [2.75, 3.05) is 6.54 Å². The fourth-order valence-corrected chi connectivity index (χ4v) is 4.30. The highest BCUT2D eigenvalue weighted by Crippen LogP contribution is 2.32. The average molecular weight is 451 g/mol. The Morgan fingerprint density at radius 2 is 1.70 bits per heavy atom. The van der Waals surface area contributed by atoms with E-state index >= 15 is 0 Å². The number of nitrogens with zero attached hydrogens (tertiary/aromatic N) is 5. The van der Waals surface area contributed by atoms with Gasteiger partial charge in [-0.25, -0.2) is 18.2 Å². The number of hydrogen-bond donors (Lipinski definition) is 0. The number of fused-ring (bicyclic) bond motifs is 1. The second-order valence-corrected chi connectivity index (χ2v) is 8.05. The van der Waals surface area contributed by atoms with Gasteiger partial charge in [0.25, 0.3) is 5.91 Å². The molecule has 0 fully saturated rings. The Kier molecular flexibility index (Phi) is 5.03. The highest BCUT2D eigenvalue weighted by molar-refractivity contribution is 5.92. The van der Waals surface area contributed by atoms with Crippen molar-refractivity contribution < 1.29 is 18.0 Å². The van der Waals surface area contributed by atoms with Crippen LogP contribution in [-0.4, -0.2) is 36.7 Å². The maximum atomic E-state index is 13.8. The van der Waals surface area contributed by atoms with Gasteiger partial charge in [0.1, 0.15) is 0 Å². The summed E-state index contributed by atoms with van der Waals surface area (Å²) in [6.45, 7) is 0.631. The molecule has 6 nitrogen and oxygen atoms in total. The molecule has 0 unspecified atom stereocenters. The van der Waals surface area contributed by atoms with Crippen molar-refractivity contribution in [3.63, 3.8) is 0 Å². The van der Waals surface area contributed by atoms with Gasteiger partial charge in [-0.05, 0) is 18.6 Å². The normalized spacial score (nSPS) is 13.3. The molecule has 1 aliphatic heterocycles. The van der Waals surface area contributed by atoms with Crippen LogP contribution in [0.4, 0.5) is 13.2 Å². The van der Waals surface area contributed by atoms with Crippen molar-refractivity contribution in [3.05, 3.63) is 83.2 Å². The van der Waals surface area contributed by atoms with E-state index in [1.807, 2.05) is 36.5 Å².